The van der Waals surface area contributed by atoms with E-state index in [0.717, 1.165) is 12.8 Å². The Morgan fingerprint density at radius 2 is 1.84 bits per heavy atom. The highest BCUT2D eigenvalue weighted by molar-refractivity contribution is 6.04. The molecule has 2 aromatic heterocycles. The molecule has 0 spiro atoms. The van der Waals surface area contributed by atoms with Crippen molar-refractivity contribution < 1.29 is 23.9 Å². The maximum atomic E-state index is 12.9. The minimum absolute atomic E-state index is 0.177. The van der Waals surface area contributed by atoms with Crippen molar-refractivity contribution in [2.45, 2.75) is 58.6 Å². The number of hydrogen-bond donors (Lipinski definition) is 2. The average molecular weight is 520 g/mol. The molecule has 0 bridgehead atoms. The molecule has 1 saturated heterocycles. The van der Waals surface area contributed by atoms with Gasteiger partial charge < -0.3 is 19.8 Å². The minimum Gasteiger partial charge on any atom is -0.497 e. The van der Waals surface area contributed by atoms with Gasteiger partial charge in [0.1, 0.15) is 28.7 Å². The highest BCUT2D eigenvalue weighted by Crippen LogP contribution is 2.33. The van der Waals surface area contributed by atoms with Crippen LogP contribution >= 0.6 is 0 Å². The lowest BCUT2D eigenvalue weighted by Gasteiger charge is -2.35. The van der Waals surface area contributed by atoms with E-state index in [1.54, 1.807) is 54.6 Å². The fraction of sp³-hybridized carbons (Fsp3) is 0.393. The molecule has 1 aliphatic heterocycles. The Morgan fingerprint density at radius 1 is 1.11 bits per heavy atom. The van der Waals surface area contributed by atoms with Crippen molar-refractivity contribution in [3.8, 4) is 17.0 Å². The Morgan fingerprint density at radius 3 is 2.50 bits per heavy atom. The second-order valence-electron chi connectivity index (χ2n) is 10.2. The maximum absolute atomic E-state index is 12.9. The van der Waals surface area contributed by atoms with Gasteiger partial charge in [-0.25, -0.2) is 14.8 Å². The lowest BCUT2D eigenvalue weighted by atomic mass is 10.0. The Kier molecular flexibility index (Phi) is 7.80. The predicted octanol–water partition coefficient (Wildman–Crippen LogP) is 5.40. The number of likely N-dealkylation sites (tertiary alicyclic amines) is 1. The van der Waals surface area contributed by atoms with Crippen molar-refractivity contribution >= 4 is 23.6 Å². The summed E-state index contributed by atoms with van der Waals surface area (Å²) in [4.78, 5) is 51.9. The number of nitrogens with zero attached hydrogens (tertiary/aromatic N) is 3. The van der Waals surface area contributed by atoms with Crippen molar-refractivity contribution in [1.82, 2.24) is 19.9 Å². The third kappa shape index (κ3) is 6.19. The number of imidazole rings is 1. The van der Waals surface area contributed by atoms with Crippen LogP contribution in [0.1, 0.15) is 79.7 Å². The number of amides is 2. The molecule has 1 fully saturated rings. The number of carbonyl (C=O) groups excluding carboxylic acids is 3. The van der Waals surface area contributed by atoms with Crippen LogP contribution in [-0.2, 0) is 4.74 Å². The zero-order valence-corrected chi connectivity index (χ0v) is 22.3. The number of H-pyrrole nitrogens is 1. The normalized spacial score (nSPS) is 15.6. The summed E-state index contributed by atoms with van der Waals surface area (Å²) in [6.45, 7) is 7.52. The molecule has 2 amide bonds. The van der Waals surface area contributed by atoms with Gasteiger partial charge in [0.2, 0.25) is 0 Å². The van der Waals surface area contributed by atoms with E-state index in [1.165, 1.54) is 6.92 Å². The molecular weight excluding hydrogens is 486 g/mol. The summed E-state index contributed by atoms with van der Waals surface area (Å²) < 4.78 is 10.8. The molecule has 0 saturated carbocycles. The smallest absolute Gasteiger partial charge is 0.410 e. The average Bonchev–Trinajstić information content (AvgIpc) is 3.34. The summed E-state index contributed by atoms with van der Waals surface area (Å²) in [5.74, 6) is 0.990. The number of Topliss-reactive ketones (excluding diaryl/α,β-unsaturated/α-hetero) is 1. The van der Waals surface area contributed by atoms with E-state index in [0.29, 0.717) is 52.9 Å². The van der Waals surface area contributed by atoms with E-state index in [1.807, 2.05) is 20.8 Å². The van der Waals surface area contributed by atoms with Crippen LogP contribution in [0.3, 0.4) is 0 Å². The molecule has 200 valence electrons. The van der Waals surface area contributed by atoms with Crippen molar-refractivity contribution in [3.05, 3.63) is 59.7 Å². The number of aromatic amines is 1. The number of hydrogen-bond acceptors (Lipinski definition) is 7. The van der Waals surface area contributed by atoms with Crippen LogP contribution in [0, 0.1) is 0 Å². The second kappa shape index (κ2) is 11.0. The standard InChI is InChI=1S/C28H33N5O5/c1-17(34)23-24(32-25(31-23)21-8-6-7-15-33(21)27(36)38-28(2,3)4)18-9-11-19(12-10-18)26(35)30-22-16-20(37-5)13-14-29-22/h9-14,16,21H,6-8,15H2,1-5H3,(H,31,32)(H,29,30,35)/t21-/m0/s1. The molecular formula is C28H33N5O5. The molecule has 38 heavy (non-hydrogen) atoms. The third-order valence-corrected chi connectivity index (χ3v) is 6.15. The number of carbonyl (C=O) groups is 3. The van der Waals surface area contributed by atoms with Crippen molar-refractivity contribution in [2.75, 3.05) is 19.0 Å². The Hall–Kier alpha value is -4.21. The van der Waals surface area contributed by atoms with Crippen LogP contribution in [0.25, 0.3) is 11.3 Å². The number of piperidine rings is 1. The first kappa shape index (κ1) is 26.8. The Balaban J connectivity index is 1.58. The lowest BCUT2D eigenvalue weighted by Crippen LogP contribution is -2.42. The number of ether oxygens (including phenoxy) is 2. The molecule has 1 aliphatic rings. The first-order valence-corrected chi connectivity index (χ1v) is 12.6. The molecule has 0 aliphatic carbocycles. The summed E-state index contributed by atoms with van der Waals surface area (Å²) in [5.41, 5.74) is 1.31. The van der Waals surface area contributed by atoms with Crippen LogP contribution in [0.15, 0.2) is 42.6 Å². The quantitative estimate of drug-likeness (QED) is 0.418. The second-order valence-corrected chi connectivity index (χ2v) is 10.2. The SMILES string of the molecule is COc1ccnc(NC(=O)c2ccc(-c3nc([C@@H]4CCCCN4C(=O)OC(C)(C)C)[nH]c3C(C)=O)cc2)c1. The zero-order valence-electron chi connectivity index (χ0n) is 22.3. The first-order valence-electron chi connectivity index (χ1n) is 12.6. The van der Waals surface area contributed by atoms with Crippen molar-refractivity contribution in [2.24, 2.45) is 0 Å². The predicted molar refractivity (Wildman–Crippen MR) is 142 cm³/mol. The number of benzene rings is 1. The van der Waals surface area contributed by atoms with Crippen molar-refractivity contribution in [3.63, 3.8) is 0 Å². The van der Waals surface area contributed by atoms with Crippen LogP contribution in [0.2, 0.25) is 0 Å². The van der Waals surface area contributed by atoms with Gasteiger partial charge >= 0.3 is 6.09 Å². The molecule has 1 atom stereocenters. The van der Waals surface area contributed by atoms with Gasteiger partial charge in [0, 0.05) is 36.9 Å². The van der Waals surface area contributed by atoms with Gasteiger partial charge in [-0.15, -0.1) is 0 Å². The van der Waals surface area contributed by atoms with Crippen LogP contribution in [0.4, 0.5) is 10.6 Å². The summed E-state index contributed by atoms with van der Waals surface area (Å²) in [7, 11) is 1.54. The van der Waals surface area contributed by atoms with E-state index in [4.69, 9.17) is 14.5 Å². The first-order chi connectivity index (χ1) is 18.1. The molecule has 0 radical (unpaired) electrons. The molecule has 0 unspecified atom stereocenters. The van der Waals surface area contributed by atoms with E-state index in [9.17, 15) is 14.4 Å². The van der Waals surface area contributed by atoms with E-state index in [2.05, 4.69) is 15.3 Å². The van der Waals surface area contributed by atoms with E-state index < -0.39 is 11.7 Å². The van der Waals surface area contributed by atoms with Crippen LogP contribution < -0.4 is 10.1 Å². The Bertz CT molecular complexity index is 1330. The van der Waals surface area contributed by atoms with Gasteiger partial charge in [0.15, 0.2) is 5.78 Å². The van der Waals surface area contributed by atoms with Gasteiger partial charge in [0.05, 0.1) is 18.8 Å². The summed E-state index contributed by atoms with van der Waals surface area (Å²) in [5, 5.41) is 2.75. The largest absolute Gasteiger partial charge is 0.497 e. The molecule has 3 heterocycles. The van der Waals surface area contributed by atoms with Gasteiger partial charge in [-0.1, -0.05) is 12.1 Å². The molecule has 4 rings (SSSR count). The number of nitrogens with one attached hydrogen (secondary N) is 2. The summed E-state index contributed by atoms with van der Waals surface area (Å²) in [6, 6.07) is 9.80. The lowest BCUT2D eigenvalue weighted by molar-refractivity contribution is 0.00853. The fourth-order valence-electron chi connectivity index (χ4n) is 4.34. The third-order valence-electron chi connectivity index (χ3n) is 6.15. The highest BCUT2D eigenvalue weighted by atomic mass is 16.6. The van der Waals surface area contributed by atoms with Gasteiger partial charge in [-0.3, -0.25) is 14.5 Å². The number of ketones is 1. The summed E-state index contributed by atoms with van der Waals surface area (Å²) in [6.07, 6.45) is 3.66. The number of aromatic nitrogens is 3. The highest BCUT2D eigenvalue weighted by Gasteiger charge is 2.34. The van der Waals surface area contributed by atoms with Gasteiger partial charge in [-0.05, 0) is 58.2 Å². The topological polar surface area (TPSA) is 127 Å². The molecule has 3 aromatic rings. The van der Waals surface area contributed by atoms with E-state index >= 15 is 0 Å². The minimum atomic E-state index is -0.616. The molecule has 10 nitrogen and oxygen atoms in total. The van der Waals surface area contributed by atoms with Gasteiger partial charge in [0.25, 0.3) is 5.91 Å². The number of rotatable bonds is 6. The van der Waals surface area contributed by atoms with Gasteiger partial charge in [-0.2, -0.15) is 0 Å². The van der Waals surface area contributed by atoms with Crippen molar-refractivity contribution in [1.29, 1.82) is 0 Å². The fourth-order valence-corrected chi connectivity index (χ4v) is 4.34. The monoisotopic (exact) mass is 519 g/mol. The Labute approximate surface area is 221 Å². The molecule has 10 heteroatoms. The molecule has 2 N–H and O–H groups in total. The maximum Gasteiger partial charge on any atom is 0.410 e. The molecule has 1 aromatic carbocycles. The number of pyridine rings is 1. The van der Waals surface area contributed by atoms with E-state index in [-0.39, 0.29) is 17.7 Å². The zero-order chi connectivity index (χ0) is 27.4. The summed E-state index contributed by atoms with van der Waals surface area (Å²) >= 11 is 0. The van der Waals surface area contributed by atoms with Crippen LogP contribution in [-0.4, -0.2) is 56.9 Å². The number of anilines is 1. The van der Waals surface area contributed by atoms with Crippen LogP contribution in [0.5, 0.6) is 5.75 Å². The number of methoxy groups -OCH3 is 1.